The molecule has 0 fully saturated rings. The first-order valence-corrected chi connectivity index (χ1v) is 8.09. The van der Waals surface area contributed by atoms with E-state index in [1.807, 2.05) is 54.1 Å². The van der Waals surface area contributed by atoms with Gasteiger partial charge in [0.2, 0.25) is 0 Å². The van der Waals surface area contributed by atoms with Crippen LogP contribution in [0.3, 0.4) is 0 Å². The summed E-state index contributed by atoms with van der Waals surface area (Å²) in [6.07, 6.45) is 2.84. The SMILES string of the molecule is Cc1ccc(C)c(OCCn2ccnc2[C@H](O)c2ccccc2)c1. The largest absolute Gasteiger partial charge is 0.491 e. The number of rotatable bonds is 6. The van der Waals surface area contributed by atoms with Crippen LogP contribution < -0.4 is 4.74 Å². The zero-order chi connectivity index (χ0) is 16.9. The van der Waals surface area contributed by atoms with E-state index in [1.54, 1.807) is 6.20 Å². The van der Waals surface area contributed by atoms with Crippen LogP contribution in [0.25, 0.3) is 0 Å². The van der Waals surface area contributed by atoms with Crippen molar-refractivity contribution >= 4 is 0 Å². The Morgan fingerprint density at radius 1 is 1.12 bits per heavy atom. The first kappa shape index (κ1) is 16.3. The standard InChI is InChI=1S/C20H22N2O2/c1-15-8-9-16(2)18(14-15)24-13-12-22-11-10-21-20(22)19(23)17-6-4-3-5-7-17/h3-11,14,19,23H,12-13H2,1-2H3/t19-/m1/s1. The predicted molar refractivity (Wildman–Crippen MR) is 94.1 cm³/mol. The van der Waals surface area contributed by atoms with Gasteiger partial charge in [0.15, 0.2) is 0 Å². The molecule has 0 saturated heterocycles. The minimum atomic E-state index is -0.734. The summed E-state index contributed by atoms with van der Waals surface area (Å²) in [5.41, 5.74) is 3.13. The quantitative estimate of drug-likeness (QED) is 0.753. The molecule has 4 nitrogen and oxygen atoms in total. The van der Waals surface area contributed by atoms with Gasteiger partial charge >= 0.3 is 0 Å². The van der Waals surface area contributed by atoms with E-state index in [4.69, 9.17) is 4.74 Å². The Morgan fingerprint density at radius 3 is 2.71 bits per heavy atom. The lowest BCUT2D eigenvalue weighted by Gasteiger charge is -2.15. The van der Waals surface area contributed by atoms with E-state index < -0.39 is 6.10 Å². The molecule has 0 aliphatic heterocycles. The molecule has 0 radical (unpaired) electrons. The van der Waals surface area contributed by atoms with Crippen LogP contribution in [0.2, 0.25) is 0 Å². The molecule has 0 saturated carbocycles. The van der Waals surface area contributed by atoms with Crippen LogP contribution in [-0.2, 0) is 6.54 Å². The highest BCUT2D eigenvalue weighted by Gasteiger charge is 2.15. The van der Waals surface area contributed by atoms with Gasteiger partial charge in [-0.2, -0.15) is 0 Å². The highest BCUT2D eigenvalue weighted by molar-refractivity contribution is 5.35. The smallest absolute Gasteiger partial charge is 0.142 e. The second kappa shape index (κ2) is 7.32. The molecule has 2 aromatic carbocycles. The van der Waals surface area contributed by atoms with Crippen LogP contribution >= 0.6 is 0 Å². The molecule has 0 aliphatic carbocycles. The van der Waals surface area contributed by atoms with Crippen LogP contribution in [0.4, 0.5) is 0 Å². The molecule has 4 heteroatoms. The van der Waals surface area contributed by atoms with E-state index in [-0.39, 0.29) is 0 Å². The molecule has 0 bridgehead atoms. The molecule has 1 aromatic heterocycles. The number of nitrogens with zero attached hydrogens (tertiary/aromatic N) is 2. The molecule has 3 aromatic rings. The van der Waals surface area contributed by atoms with E-state index >= 15 is 0 Å². The summed E-state index contributed by atoms with van der Waals surface area (Å²) in [5.74, 6) is 1.53. The number of benzene rings is 2. The van der Waals surface area contributed by atoms with E-state index in [0.717, 1.165) is 16.9 Å². The topological polar surface area (TPSA) is 47.3 Å². The van der Waals surface area contributed by atoms with Gasteiger partial charge in [0.05, 0.1) is 6.54 Å². The molecule has 0 amide bonds. The Labute approximate surface area is 142 Å². The number of aliphatic hydroxyl groups is 1. The maximum Gasteiger partial charge on any atom is 0.142 e. The Kier molecular flexibility index (Phi) is 4.96. The summed E-state index contributed by atoms with van der Waals surface area (Å²) < 4.78 is 7.83. The molecular formula is C20H22N2O2. The van der Waals surface area contributed by atoms with Gasteiger partial charge < -0.3 is 14.4 Å². The molecule has 24 heavy (non-hydrogen) atoms. The molecular weight excluding hydrogens is 300 g/mol. The summed E-state index contributed by atoms with van der Waals surface area (Å²) in [6, 6.07) is 15.7. The van der Waals surface area contributed by atoms with Crippen molar-refractivity contribution in [1.29, 1.82) is 0 Å². The van der Waals surface area contributed by atoms with Crippen LogP contribution in [0, 0.1) is 13.8 Å². The van der Waals surface area contributed by atoms with Crippen molar-refractivity contribution in [3.05, 3.63) is 83.4 Å². The van der Waals surface area contributed by atoms with Gasteiger partial charge in [0, 0.05) is 12.4 Å². The molecule has 124 valence electrons. The fraction of sp³-hybridized carbons (Fsp3) is 0.250. The van der Waals surface area contributed by atoms with E-state index in [0.29, 0.717) is 19.0 Å². The van der Waals surface area contributed by atoms with Crippen LogP contribution in [0.1, 0.15) is 28.6 Å². The third-order valence-electron chi connectivity index (χ3n) is 4.04. The van der Waals surface area contributed by atoms with Crippen molar-refractivity contribution in [3.8, 4) is 5.75 Å². The summed E-state index contributed by atoms with van der Waals surface area (Å²) in [6.45, 7) is 5.24. The molecule has 1 N–H and O–H groups in total. The molecule has 0 aliphatic rings. The summed E-state index contributed by atoms with van der Waals surface area (Å²) in [4.78, 5) is 4.31. The van der Waals surface area contributed by atoms with E-state index in [2.05, 4.69) is 24.0 Å². The Hall–Kier alpha value is -2.59. The van der Waals surface area contributed by atoms with Crippen LogP contribution in [0.5, 0.6) is 5.75 Å². The van der Waals surface area contributed by atoms with Crippen LogP contribution in [-0.4, -0.2) is 21.3 Å². The lowest BCUT2D eigenvalue weighted by Crippen LogP contribution is -2.14. The average molecular weight is 322 g/mol. The number of hydrogen-bond donors (Lipinski definition) is 1. The lowest BCUT2D eigenvalue weighted by atomic mass is 10.1. The van der Waals surface area contributed by atoms with Crippen molar-refractivity contribution in [1.82, 2.24) is 9.55 Å². The van der Waals surface area contributed by atoms with Crippen molar-refractivity contribution < 1.29 is 9.84 Å². The molecule has 3 rings (SSSR count). The molecule has 1 heterocycles. The van der Waals surface area contributed by atoms with Gasteiger partial charge in [-0.1, -0.05) is 42.5 Å². The maximum absolute atomic E-state index is 10.5. The van der Waals surface area contributed by atoms with Crippen molar-refractivity contribution in [2.24, 2.45) is 0 Å². The molecule has 0 unspecified atom stereocenters. The lowest BCUT2D eigenvalue weighted by molar-refractivity contribution is 0.200. The Bertz CT molecular complexity index is 796. The fourth-order valence-electron chi connectivity index (χ4n) is 2.66. The highest BCUT2D eigenvalue weighted by Crippen LogP contribution is 2.21. The highest BCUT2D eigenvalue weighted by atomic mass is 16.5. The van der Waals surface area contributed by atoms with E-state index in [9.17, 15) is 5.11 Å². The van der Waals surface area contributed by atoms with Crippen molar-refractivity contribution in [2.45, 2.75) is 26.5 Å². The van der Waals surface area contributed by atoms with Gasteiger partial charge in [0.1, 0.15) is 24.3 Å². The number of imidazole rings is 1. The van der Waals surface area contributed by atoms with E-state index in [1.165, 1.54) is 5.56 Å². The zero-order valence-corrected chi connectivity index (χ0v) is 14.0. The monoisotopic (exact) mass is 322 g/mol. The Balaban J connectivity index is 1.67. The Morgan fingerprint density at radius 2 is 1.92 bits per heavy atom. The molecule has 1 atom stereocenters. The number of aryl methyl sites for hydroxylation is 2. The summed E-state index contributed by atoms with van der Waals surface area (Å²) in [5, 5.41) is 10.5. The average Bonchev–Trinajstić information content (AvgIpc) is 3.06. The van der Waals surface area contributed by atoms with Gasteiger partial charge in [-0.15, -0.1) is 0 Å². The van der Waals surface area contributed by atoms with Gasteiger partial charge in [0.25, 0.3) is 0 Å². The van der Waals surface area contributed by atoms with Crippen LogP contribution in [0.15, 0.2) is 60.9 Å². The summed E-state index contributed by atoms with van der Waals surface area (Å²) >= 11 is 0. The third-order valence-corrected chi connectivity index (χ3v) is 4.04. The number of ether oxygens (including phenoxy) is 1. The van der Waals surface area contributed by atoms with Gasteiger partial charge in [-0.25, -0.2) is 4.98 Å². The summed E-state index contributed by atoms with van der Waals surface area (Å²) in [7, 11) is 0. The zero-order valence-electron chi connectivity index (χ0n) is 14.0. The van der Waals surface area contributed by atoms with Crippen molar-refractivity contribution in [2.75, 3.05) is 6.61 Å². The molecule has 0 spiro atoms. The number of aromatic nitrogens is 2. The predicted octanol–water partition coefficient (Wildman–Crippen LogP) is 3.66. The maximum atomic E-state index is 10.5. The normalized spacial score (nSPS) is 12.1. The first-order valence-electron chi connectivity index (χ1n) is 8.09. The minimum absolute atomic E-state index is 0.523. The van der Waals surface area contributed by atoms with Gasteiger partial charge in [-0.05, 0) is 36.6 Å². The fourth-order valence-corrected chi connectivity index (χ4v) is 2.66. The number of hydrogen-bond acceptors (Lipinski definition) is 3. The second-order valence-corrected chi connectivity index (χ2v) is 5.91. The second-order valence-electron chi connectivity index (χ2n) is 5.91. The van der Waals surface area contributed by atoms with Gasteiger partial charge in [-0.3, -0.25) is 0 Å². The number of aliphatic hydroxyl groups excluding tert-OH is 1. The third kappa shape index (κ3) is 3.66. The minimum Gasteiger partial charge on any atom is -0.491 e. The first-order chi connectivity index (χ1) is 11.6. The van der Waals surface area contributed by atoms with Crippen molar-refractivity contribution in [3.63, 3.8) is 0 Å².